The van der Waals surface area contributed by atoms with E-state index >= 15 is 0 Å². The third-order valence-electron chi connectivity index (χ3n) is 8.90. The zero-order chi connectivity index (χ0) is 38.4. The number of phenols is 1. The van der Waals surface area contributed by atoms with Gasteiger partial charge in [-0.3, -0.25) is 33.5 Å². The molecule has 7 N–H and O–H groups in total. The Labute approximate surface area is 315 Å². The molecule has 0 aliphatic heterocycles. The van der Waals surface area contributed by atoms with Gasteiger partial charge in [-0.25, -0.2) is 0 Å². The average molecular weight is 766 g/mol. The molecule has 13 nitrogen and oxygen atoms in total. The topological polar surface area (TPSA) is 211 Å². The predicted molar refractivity (Wildman–Crippen MR) is 205 cm³/mol. The molecule has 2 rings (SSSR count). The number of halogens is 1. The molecule has 0 spiro atoms. The van der Waals surface area contributed by atoms with Crippen LogP contribution in [0.2, 0.25) is 0 Å². The third-order valence-corrected chi connectivity index (χ3v) is 9.71. The van der Waals surface area contributed by atoms with Crippen molar-refractivity contribution in [3.05, 3.63) is 63.2 Å². The Morgan fingerprint density at radius 3 is 1.94 bits per heavy atom. The number of aryl methyl sites for hydroxylation is 5. The summed E-state index contributed by atoms with van der Waals surface area (Å²) in [5.41, 5.74) is 18.3. The van der Waals surface area contributed by atoms with Gasteiger partial charge in [0.15, 0.2) is 0 Å². The molecule has 0 bridgehead atoms. The van der Waals surface area contributed by atoms with Gasteiger partial charge in [-0.1, -0.05) is 24.1 Å². The second kappa shape index (κ2) is 22.3. The number of nitrogens with one attached hydrogen (secondary N) is 2. The van der Waals surface area contributed by atoms with Crippen molar-refractivity contribution < 1.29 is 38.0 Å². The van der Waals surface area contributed by atoms with Crippen molar-refractivity contribution in [1.82, 2.24) is 15.5 Å². The second-order valence-corrected chi connectivity index (χ2v) is 14.7. The van der Waals surface area contributed by atoms with Crippen LogP contribution in [0.5, 0.6) is 5.75 Å². The first kappa shape index (κ1) is 46.2. The van der Waals surface area contributed by atoms with Gasteiger partial charge < -0.3 is 31.5 Å². The van der Waals surface area contributed by atoms with Gasteiger partial charge in [-0.15, -0.1) is 12.4 Å². The normalized spacial score (nSPS) is 13.2. The fourth-order valence-corrected chi connectivity index (χ4v) is 6.66. The summed E-state index contributed by atoms with van der Waals surface area (Å²) in [6.45, 7) is 9.02. The van der Waals surface area contributed by atoms with Crippen molar-refractivity contribution in [2.75, 3.05) is 32.2 Å². The number of unbranched alkanes of at least 4 members (excludes halogenated alkanes) is 2. The van der Waals surface area contributed by atoms with Crippen molar-refractivity contribution in [2.45, 2.75) is 97.7 Å². The number of imide groups is 1. The molecule has 0 saturated heterocycles. The lowest BCUT2D eigenvalue weighted by molar-refractivity contribution is -0.143. The number of ether oxygens (including phenoxy) is 1. The van der Waals surface area contributed by atoms with E-state index in [-0.39, 0.29) is 62.1 Å². The van der Waals surface area contributed by atoms with Gasteiger partial charge >= 0.3 is 5.97 Å². The van der Waals surface area contributed by atoms with Gasteiger partial charge in [0.05, 0.1) is 25.7 Å². The Bertz CT molecular complexity index is 1560. The SMILES string of the molecule is COC(=O)CCCCCN(C(=O)CNC(=O)[C@@H](N)Cc1c(C)cc(O)cc1C)[C@@H](Cc1c(C)cc(C)cc1C)C(=O)NC(=O)C(N)CCS(C)=O.Cl. The number of carbonyl (C=O) groups is 5. The molecule has 4 atom stereocenters. The van der Waals surface area contributed by atoms with Gasteiger partial charge in [-0.05, 0) is 106 Å². The van der Waals surface area contributed by atoms with E-state index in [1.54, 1.807) is 12.1 Å². The molecule has 290 valence electrons. The molecule has 0 aromatic heterocycles. The number of aromatic hydroxyl groups is 1. The maximum Gasteiger partial charge on any atom is 0.305 e. The highest BCUT2D eigenvalue weighted by atomic mass is 35.5. The molecular formula is C37H56ClN5O8S. The molecule has 0 saturated carbocycles. The largest absolute Gasteiger partial charge is 0.508 e. The molecule has 4 amide bonds. The van der Waals surface area contributed by atoms with Gasteiger partial charge in [0.1, 0.15) is 11.8 Å². The number of carbonyl (C=O) groups excluding carboxylic acids is 5. The van der Waals surface area contributed by atoms with Crippen molar-refractivity contribution >= 4 is 52.8 Å². The van der Waals surface area contributed by atoms with Gasteiger partial charge in [0, 0.05) is 42.2 Å². The summed E-state index contributed by atoms with van der Waals surface area (Å²) in [6, 6.07) is 3.87. The van der Waals surface area contributed by atoms with Crippen LogP contribution in [-0.4, -0.2) is 94.1 Å². The third kappa shape index (κ3) is 14.6. The van der Waals surface area contributed by atoms with Crippen LogP contribution in [-0.2, 0) is 52.4 Å². The summed E-state index contributed by atoms with van der Waals surface area (Å²) >= 11 is 0. The zero-order valence-electron chi connectivity index (χ0n) is 31.3. The number of esters is 1. The first-order valence-electron chi connectivity index (χ1n) is 17.1. The summed E-state index contributed by atoms with van der Waals surface area (Å²) in [4.78, 5) is 67.1. The summed E-state index contributed by atoms with van der Waals surface area (Å²) in [7, 11) is 0.122. The molecule has 0 heterocycles. The van der Waals surface area contributed by atoms with E-state index in [0.29, 0.717) is 19.3 Å². The second-order valence-electron chi connectivity index (χ2n) is 13.2. The highest BCUT2D eigenvalue weighted by Gasteiger charge is 2.33. The van der Waals surface area contributed by atoms with Crippen molar-refractivity contribution in [3.63, 3.8) is 0 Å². The minimum atomic E-state index is -1.19. The summed E-state index contributed by atoms with van der Waals surface area (Å²) in [5.74, 6) is -2.70. The van der Waals surface area contributed by atoms with Crippen molar-refractivity contribution in [3.8, 4) is 5.75 Å². The minimum Gasteiger partial charge on any atom is -0.508 e. The number of amides is 4. The Kier molecular flexibility index (Phi) is 19.8. The maximum atomic E-state index is 14.0. The molecular weight excluding hydrogens is 710 g/mol. The van der Waals surface area contributed by atoms with E-state index in [4.69, 9.17) is 16.2 Å². The molecule has 2 aromatic rings. The number of nitrogens with two attached hydrogens (primary N) is 2. The number of methoxy groups -OCH3 is 1. The number of phenolic OH excluding ortho intramolecular Hbond substituents is 1. The van der Waals surface area contributed by atoms with Crippen molar-refractivity contribution in [2.24, 2.45) is 11.5 Å². The van der Waals surface area contributed by atoms with Crippen LogP contribution >= 0.6 is 12.4 Å². The summed E-state index contributed by atoms with van der Waals surface area (Å²) in [5, 5.41) is 14.9. The van der Waals surface area contributed by atoms with E-state index in [1.807, 2.05) is 46.8 Å². The molecule has 0 fully saturated rings. The quantitative estimate of drug-likeness (QED) is 0.104. The molecule has 0 aliphatic carbocycles. The molecule has 15 heteroatoms. The van der Waals surface area contributed by atoms with E-state index in [1.165, 1.54) is 18.3 Å². The van der Waals surface area contributed by atoms with Crippen molar-refractivity contribution in [1.29, 1.82) is 0 Å². The van der Waals surface area contributed by atoms with Crippen LogP contribution in [0, 0.1) is 34.6 Å². The van der Waals surface area contributed by atoms with Crippen LogP contribution in [0.15, 0.2) is 24.3 Å². The zero-order valence-corrected chi connectivity index (χ0v) is 33.0. The van der Waals surface area contributed by atoms with E-state index in [0.717, 1.165) is 38.9 Å². The first-order valence-corrected chi connectivity index (χ1v) is 18.8. The van der Waals surface area contributed by atoms with E-state index in [2.05, 4.69) is 10.6 Å². The Morgan fingerprint density at radius 1 is 0.827 bits per heavy atom. The lowest BCUT2D eigenvalue weighted by Gasteiger charge is -2.32. The number of hydrogen-bond donors (Lipinski definition) is 5. The van der Waals surface area contributed by atoms with Crippen LogP contribution in [0.1, 0.15) is 71.0 Å². The van der Waals surface area contributed by atoms with Crippen LogP contribution in [0.3, 0.4) is 0 Å². The molecule has 2 aromatic carbocycles. The molecule has 0 radical (unpaired) electrons. The fraction of sp³-hybridized carbons (Fsp3) is 0.541. The first-order chi connectivity index (χ1) is 23.9. The number of benzene rings is 2. The average Bonchev–Trinajstić information content (AvgIpc) is 3.05. The van der Waals surface area contributed by atoms with Gasteiger partial charge in [0.2, 0.25) is 23.6 Å². The molecule has 0 aliphatic rings. The van der Waals surface area contributed by atoms with Crippen LogP contribution < -0.4 is 22.1 Å². The van der Waals surface area contributed by atoms with E-state index < -0.39 is 59.1 Å². The Balaban J connectivity index is 0.0000135. The minimum absolute atomic E-state index is 0. The maximum absolute atomic E-state index is 14.0. The van der Waals surface area contributed by atoms with Crippen LogP contribution in [0.25, 0.3) is 0 Å². The highest BCUT2D eigenvalue weighted by molar-refractivity contribution is 7.84. The smallest absolute Gasteiger partial charge is 0.305 e. The molecule has 2 unspecified atom stereocenters. The van der Waals surface area contributed by atoms with Gasteiger partial charge in [0.25, 0.3) is 0 Å². The predicted octanol–water partition coefficient (Wildman–Crippen LogP) is 2.25. The number of rotatable bonds is 19. The highest BCUT2D eigenvalue weighted by Crippen LogP contribution is 2.23. The standard InChI is InChI=1S/C37H55N5O8S.ClH/c1-22-15-23(2)29(24(3)16-22)20-32(37(48)41-36(47)30(38)12-14-51(7)49)42(13-10-8-9-11-34(45)50-6)33(44)21-40-35(46)31(39)19-28-25(4)17-27(43)18-26(28)5;/h15-18,30-32,43H,8-14,19-21,38-39H2,1-7H3,(H,40,46)(H,41,47,48);1H/t30?,31-,32-,51?;/m0./s1. The fourth-order valence-electron chi connectivity index (χ4n) is 6.08. The lowest BCUT2D eigenvalue weighted by Crippen LogP contribution is -2.56. The Hall–Kier alpha value is -3.85. The monoisotopic (exact) mass is 765 g/mol. The Morgan fingerprint density at radius 2 is 1.38 bits per heavy atom. The summed E-state index contributed by atoms with van der Waals surface area (Å²) < 4.78 is 16.3. The summed E-state index contributed by atoms with van der Waals surface area (Å²) in [6.07, 6.45) is 3.49. The molecule has 52 heavy (non-hydrogen) atoms. The lowest BCUT2D eigenvalue weighted by atomic mass is 9.93. The van der Waals surface area contributed by atoms with Crippen LogP contribution in [0.4, 0.5) is 0 Å². The number of nitrogens with zero attached hydrogens (tertiary/aromatic N) is 1. The van der Waals surface area contributed by atoms with Gasteiger partial charge in [-0.2, -0.15) is 0 Å². The van der Waals surface area contributed by atoms with E-state index in [9.17, 15) is 33.3 Å². The number of hydrogen-bond acceptors (Lipinski definition) is 10.